The molecule has 0 atom stereocenters. The lowest BCUT2D eigenvalue weighted by molar-refractivity contribution is 0.102. The second-order valence-electron chi connectivity index (χ2n) is 6.13. The molecule has 0 saturated carbocycles. The first-order chi connectivity index (χ1) is 13.5. The number of aromatic amines is 1. The number of hydrogen-bond donors (Lipinski definition) is 2. The van der Waals surface area contributed by atoms with Gasteiger partial charge in [0, 0.05) is 21.0 Å². The lowest BCUT2D eigenvalue weighted by atomic mass is 10.0. The molecule has 3 aromatic carbocycles. The normalized spacial score (nSPS) is 10.6. The molecule has 0 aliphatic carbocycles. The van der Waals surface area contributed by atoms with E-state index in [-0.39, 0.29) is 5.91 Å². The minimum atomic E-state index is -0.353. The molecule has 7 heteroatoms. The Morgan fingerprint density at radius 2 is 1.64 bits per heavy atom. The van der Waals surface area contributed by atoms with E-state index in [1.165, 1.54) is 0 Å². The van der Waals surface area contributed by atoms with Crippen LogP contribution in [0.2, 0.25) is 10.0 Å². The van der Waals surface area contributed by atoms with Crippen molar-refractivity contribution < 1.29 is 4.79 Å². The van der Waals surface area contributed by atoms with E-state index >= 15 is 0 Å². The average Bonchev–Trinajstić information content (AvgIpc) is 3.09. The zero-order chi connectivity index (χ0) is 19.7. The summed E-state index contributed by atoms with van der Waals surface area (Å²) in [5, 5.41) is 20.4. The van der Waals surface area contributed by atoms with Crippen molar-refractivity contribution in [1.82, 2.24) is 10.2 Å². The van der Waals surface area contributed by atoms with Crippen LogP contribution in [-0.2, 0) is 0 Å². The zero-order valence-corrected chi connectivity index (χ0v) is 15.8. The van der Waals surface area contributed by atoms with Crippen LogP contribution >= 0.6 is 23.2 Å². The third kappa shape index (κ3) is 3.56. The number of carbonyl (C=O) groups excluding carboxylic acids is 1. The fourth-order valence-electron chi connectivity index (χ4n) is 2.90. The lowest BCUT2D eigenvalue weighted by Crippen LogP contribution is -2.12. The summed E-state index contributed by atoms with van der Waals surface area (Å²) in [5.74, 6) is 0.0662. The van der Waals surface area contributed by atoms with Crippen molar-refractivity contribution in [1.29, 1.82) is 5.26 Å². The van der Waals surface area contributed by atoms with Gasteiger partial charge in [0.1, 0.15) is 0 Å². The van der Waals surface area contributed by atoms with E-state index in [2.05, 4.69) is 21.6 Å². The van der Waals surface area contributed by atoms with E-state index in [1.807, 2.05) is 30.3 Å². The van der Waals surface area contributed by atoms with Crippen LogP contribution in [-0.4, -0.2) is 16.1 Å². The van der Waals surface area contributed by atoms with E-state index < -0.39 is 0 Å². The minimum Gasteiger partial charge on any atom is -0.305 e. The largest absolute Gasteiger partial charge is 0.305 e. The number of halogens is 2. The molecule has 4 rings (SSSR count). The van der Waals surface area contributed by atoms with Crippen LogP contribution in [0.3, 0.4) is 0 Å². The van der Waals surface area contributed by atoms with Crippen LogP contribution in [0, 0.1) is 11.3 Å². The monoisotopic (exact) mass is 406 g/mol. The van der Waals surface area contributed by atoms with Gasteiger partial charge in [0.15, 0.2) is 5.82 Å². The number of nitriles is 1. The highest BCUT2D eigenvalue weighted by molar-refractivity contribution is 6.35. The number of aromatic nitrogens is 2. The van der Waals surface area contributed by atoms with Gasteiger partial charge in [-0.05, 0) is 53.6 Å². The summed E-state index contributed by atoms with van der Waals surface area (Å²) in [6.07, 6.45) is 0. The SMILES string of the molecule is N#Cc1ccc(-c2ccc3c(NC(=O)c4cc(Cl)cc(Cl)c4)n[nH]c3c2)cc1. The lowest BCUT2D eigenvalue weighted by Gasteiger charge is -2.05. The zero-order valence-electron chi connectivity index (χ0n) is 14.3. The topological polar surface area (TPSA) is 81.6 Å². The second-order valence-corrected chi connectivity index (χ2v) is 7.01. The number of amides is 1. The van der Waals surface area contributed by atoms with E-state index in [4.69, 9.17) is 28.5 Å². The summed E-state index contributed by atoms with van der Waals surface area (Å²) in [4.78, 5) is 12.5. The predicted octanol–water partition coefficient (Wildman–Crippen LogP) is 5.66. The minimum absolute atomic E-state index is 0.350. The third-order valence-corrected chi connectivity index (χ3v) is 4.70. The maximum atomic E-state index is 12.5. The van der Waals surface area contributed by atoms with Gasteiger partial charge in [0.25, 0.3) is 5.91 Å². The number of anilines is 1. The number of nitrogens with zero attached hydrogens (tertiary/aromatic N) is 2. The smallest absolute Gasteiger partial charge is 0.256 e. The van der Waals surface area contributed by atoms with Crippen molar-refractivity contribution in [3.8, 4) is 17.2 Å². The fourth-order valence-corrected chi connectivity index (χ4v) is 3.42. The van der Waals surface area contributed by atoms with Crippen LogP contribution in [0.15, 0.2) is 60.7 Å². The van der Waals surface area contributed by atoms with Crippen molar-refractivity contribution in [2.75, 3.05) is 5.32 Å². The first kappa shape index (κ1) is 18.1. The first-order valence-corrected chi connectivity index (χ1v) is 9.05. The van der Waals surface area contributed by atoms with Crippen molar-refractivity contribution in [3.63, 3.8) is 0 Å². The van der Waals surface area contributed by atoms with Crippen molar-refractivity contribution in [2.45, 2.75) is 0 Å². The molecule has 0 spiro atoms. The molecule has 5 nitrogen and oxygen atoms in total. The molecular weight excluding hydrogens is 395 g/mol. The maximum absolute atomic E-state index is 12.5. The van der Waals surface area contributed by atoms with Gasteiger partial charge in [-0.1, -0.05) is 41.4 Å². The maximum Gasteiger partial charge on any atom is 0.256 e. The van der Waals surface area contributed by atoms with Gasteiger partial charge >= 0.3 is 0 Å². The number of rotatable bonds is 3. The highest BCUT2D eigenvalue weighted by Crippen LogP contribution is 2.28. The Morgan fingerprint density at radius 1 is 0.964 bits per heavy atom. The van der Waals surface area contributed by atoms with E-state index in [1.54, 1.807) is 30.3 Å². The standard InChI is InChI=1S/C21H12Cl2N4O/c22-16-7-15(8-17(23)10-16)21(28)25-20-18-6-5-14(9-19(18)26-27-20)13-3-1-12(11-24)2-4-13/h1-10H,(H2,25,26,27,28). The second kappa shape index (κ2) is 7.35. The summed E-state index contributed by atoms with van der Waals surface area (Å²) in [7, 11) is 0. The highest BCUT2D eigenvalue weighted by Gasteiger charge is 2.13. The predicted molar refractivity (Wildman–Crippen MR) is 111 cm³/mol. The van der Waals surface area contributed by atoms with Gasteiger partial charge in [-0.15, -0.1) is 0 Å². The molecule has 1 aromatic heterocycles. The van der Waals surface area contributed by atoms with E-state index in [9.17, 15) is 4.79 Å². The molecule has 0 radical (unpaired) electrons. The van der Waals surface area contributed by atoms with Crippen molar-refractivity contribution in [3.05, 3.63) is 81.8 Å². The summed E-state index contributed by atoms with van der Waals surface area (Å²) < 4.78 is 0. The number of H-pyrrole nitrogens is 1. The van der Waals surface area contributed by atoms with Crippen LogP contribution in [0.5, 0.6) is 0 Å². The summed E-state index contributed by atoms with van der Waals surface area (Å²) in [6.45, 7) is 0. The van der Waals surface area contributed by atoms with E-state index in [0.29, 0.717) is 27.0 Å². The molecular formula is C21H12Cl2N4O. The van der Waals surface area contributed by atoms with Gasteiger partial charge in [-0.2, -0.15) is 10.4 Å². The van der Waals surface area contributed by atoms with Gasteiger partial charge in [0.2, 0.25) is 0 Å². The third-order valence-electron chi connectivity index (χ3n) is 4.27. The first-order valence-electron chi connectivity index (χ1n) is 8.29. The molecule has 1 amide bonds. The molecule has 0 saturated heterocycles. The Balaban J connectivity index is 1.62. The molecule has 136 valence electrons. The van der Waals surface area contributed by atoms with Gasteiger partial charge in [0.05, 0.1) is 17.1 Å². The number of fused-ring (bicyclic) bond motifs is 1. The van der Waals surface area contributed by atoms with Crippen LogP contribution in [0.25, 0.3) is 22.0 Å². The Morgan fingerprint density at radius 3 is 2.32 bits per heavy atom. The molecule has 4 aromatic rings. The van der Waals surface area contributed by atoms with Gasteiger partial charge in [-0.3, -0.25) is 9.89 Å². The van der Waals surface area contributed by atoms with Gasteiger partial charge in [-0.25, -0.2) is 0 Å². The Labute approximate surface area is 170 Å². The molecule has 0 aliphatic rings. The molecule has 2 N–H and O–H groups in total. The number of benzene rings is 3. The van der Waals surface area contributed by atoms with Crippen LogP contribution in [0.1, 0.15) is 15.9 Å². The number of nitrogens with one attached hydrogen (secondary N) is 2. The summed E-state index contributed by atoms with van der Waals surface area (Å²) in [5.41, 5.74) is 3.69. The summed E-state index contributed by atoms with van der Waals surface area (Å²) in [6, 6.07) is 19.8. The number of carbonyl (C=O) groups is 1. The molecule has 0 unspecified atom stereocenters. The molecule has 0 aliphatic heterocycles. The molecule has 28 heavy (non-hydrogen) atoms. The molecule has 1 heterocycles. The van der Waals surface area contributed by atoms with Gasteiger partial charge < -0.3 is 5.32 Å². The summed E-state index contributed by atoms with van der Waals surface area (Å²) >= 11 is 11.9. The Kier molecular flexibility index (Phi) is 4.74. The molecule has 0 fully saturated rings. The average molecular weight is 407 g/mol. The molecule has 0 bridgehead atoms. The Bertz CT molecular complexity index is 1220. The quantitative estimate of drug-likeness (QED) is 0.460. The number of hydrogen-bond acceptors (Lipinski definition) is 3. The van der Waals surface area contributed by atoms with Crippen molar-refractivity contribution >= 4 is 45.8 Å². The Hall–Kier alpha value is -3.33. The van der Waals surface area contributed by atoms with Crippen LogP contribution < -0.4 is 5.32 Å². The van der Waals surface area contributed by atoms with Crippen molar-refractivity contribution in [2.24, 2.45) is 0 Å². The highest BCUT2D eigenvalue weighted by atomic mass is 35.5. The van der Waals surface area contributed by atoms with Crippen LogP contribution in [0.4, 0.5) is 5.82 Å². The van der Waals surface area contributed by atoms with E-state index in [0.717, 1.165) is 22.0 Å². The fraction of sp³-hybridized carbons (Fsp3) is 0.